The molecule has 3 rings (SSSR count). The molecule has 5 heteroatoms. The van der Waals surface area contributed by atoms with Crippen LogP contribution < -0.4 is 0 Å². The number of aliphatic imine (C=N–C) groups is 1. The maximum absolute atomic E-state index is 7.87. The minimum atomic E-state index is -0.191. The molecular formula is C15H17N3O2. The molecule has 5 nitrogen and oxygen atoms in total. The van der Waals surface area contributed by atoms with Crippen LogP contribution in [0.25, 0.3) is 0 Å². The van der Waals surface area contributed by atoms with E-state index in [2.05, 4.69) is 4.99 Å². The van der Waals surface area contributed by atoms with Gasteiger partial charge in [-0.15, -0.1) is 0 Å². The molecule has 0 aromatic heterocycles. The highest BCUT2D eigenvalue weighted by atomic mass is 16.5. The normalized spacial score (nSPS) is 27.2. The summed E-state index contributed by atoms with van der Waals surface area (Å²) in [7, 11) is 5.55. The topological polar surface area (TPSA) is 57.9 Å². The van der Waals surface area contributed by atoms with Gasteiger partial charge in [-0.05, 0) is 24.3 Å². The lowest BCUT2D eigenvalue weighted by Gasteiger charge is -2.32. The van der Waals surface area contributed by atoms with Crippen molar-refractivity contribution in [2.75, 3.05) is 21.2 Å². The Morgan fingerprint density at radius 3 is 2.80 bits per heavy atom. The van der Waals surface area contributed by atoms with Crippen molar-refractivity contribution in [2.24, 2.45) is 4.99 Å². The highest BCUT2D eigenvalue weighted by Crippen LogP contribution is 2.28. The molecule has 0 fully saturated rings. The van der Waals surface area contributed by atoms with Crippen LogP contribution >= 0.6 is 0 Å². The molecule has 0 radical (unpaired) electrons. The first-order valence-electron chi connectivity index (χ1n) is 6.46. The Kier molecular flexibility index (Phi) is 2.97. The van der Waals surface area contributed by atoms with Crippen molar-refractivity contribution < 1.29 is 9.47 Å². The SMILES string of the molecule is COC1=CC2N=C3C=CC(N(C)C)=CC3OC2=CC1=N. The van der Waals surface area contributed by atoms with Gasteiger partial charge in [0.05, 0.1) is 18.5 Å². The lowest BCUT2D eigenvalue weighted by molar-refractivity contribution is 0.179. The van der Waals surface area contributed by atoms with Crippen molar-refractivity contribution >= 4 is 11.4 Å². The van der Waals surface area contributed by atoms with Crippen molar-refractivity contribution in [3.05, 3.63) is 47.6 Å². The van der Waals surface area contributed by atoms with Gasteiger partial charge in [-0.2, -0.15) is 0 Å². The summed E-state index contributed by atoms with van der Waals surface area (Å²) in [6, 6.07) is -0.191. The van der Waals surface area contributed by atoms with E-state index in [1.807, 2.05) is 43.3 Å². The lowest BCUT2D eigenvalue weighted by atomic mass is 10.00. The largest absolute Gasteiger partial charge is 0.495 e. The van der Waals surface area contributed by atoms with Crippen LogP contribution in [0.15, 0.2) is 52.6 Å². The predicted octanol–water partition coefficient (Wildman–Crippen LogP) is 1.66. The van der Waals surface area contributed by atoms with E-state index in [1.54, 1.807) is 13.2 Å². The number of nitrogens with zero attached hydrogens (tertiary/aromatic N) is 2. The first kappa shape index (κ1) is 12.7. The third-order valence-electron chi connectivity index (χ3n) is 3.48. The van der Waals surface area contributed by atoms with Crippen LogP contribution in [0.1, 0.15) is 0 Å². The number of rotatable bonds is 2. The molecule has 104 valence electrons. The standard InChI is InChI=1S/C15H17N3O2/c1-18(2)9-4-5-11-14(6-9)20-15-7-10(16)13(19-3)8-12(15)17-11/h4-8,12,14,16H,1-3H3. The van der Waals surface area contributed by atoms with Gasteiger partial charge in [0.25, 0.3) is 0 Å². The minimum absolute atomic E-state index is 0.176. The summed E-state index contributed by atoms with van der Waals surface area (Å²) in [5.41, 5.74) is 2.31. The molecule has 1 heterocycles. The number of methoxy groups -OCH3 is 1. The van der Waals surface area contributed by atoms with Crippen LogP contribution in [0.5, 0.6) is 0 Å². The molecule has 2 unspecified atom stereocenters. The third kappa shape index (κ3) is 2.05. The molecule has 0 saturated carbocycles. The van der Waals surface area contributed by atoms with Crippen LogP contribution in [-0.4, -0.2) is 49.7 Å². The van der Waals surface area contributed by atoms with Crippen molar-refractivity contribution in [1.29, 1.82) is 5.41 Å². The smallest absolute Gasteiger partial charge is 0.160 e. The Morgan fingerprint density at radius 1 is 1.30 bits per heavy atom. The van der Waals surface area contributed by atoms with Gasteiger partial charge in [-0.1, -0.05) is 0 Å². The van der Waals surface area contributed by atoms with E-state index in [0.717, 1.165) is 11.4 Å². The number of allylic oxidation sites excluding steroid dienone is 2. The average molecular weight is 271 g/mol. The quantitative estimate of drug-likeness (QED) is 0.831. The number of nitrogens with one attached hydrogen (secondary N) is 1. The van der Waals surface area contributed by atoms with Crippen LogP contribution in [0, 0.1) is 5.41 Å². The second kappa shape index (κ2) is 4.67. The summed E-state index contributed by atoms with van der Waals surface area (Å²) in [5.74, 6) is 1.24. The number of fused-ring (bicyclic) bond motifs is 2. The van der Waals surface area contributed by atoms with E-state index in [9.17, 15) is 0 Å². The van der Waals surface area contributed by atoms with Gasteiger partial charge in [0.15, 0.2) is 6.10 Å². The van der Waals surface area contributed by atoms with Crippen molar-refractivity contribution in [2.45, 2.75) is 12.1 Å². The molecule has 2 aliphatic carbocycles. The molecule has 1 aliphatic heterocycles. The van der Waals surface area contributed by atoms with Gasteiger partial charge in [-0.25, -0.2) is 0 Å². The third-order valence-corrected chi connectivity index (χ3v) is 3.48. The fourth-order valence-electron chi connectivity index (χ4n) is 2.37. The molecule has 20 heavy (non-hydrogen) atoms. The van der Waals surface area contributed by atoms with Crippen LogP contribution in [0.3, 0.4) is 0 Å². The summed E-state index contributed by atoms with van der Waals surface area (Å²) < 4.78 is 11.1. The van der Waals surface area contributed by atoms with Gasteiger partial charge < -0.3 is 14.4 Å². The fourth-order valence-corrected chi connectivity index (χ4v) is 2.37. The van der Waals surface area contributed by atoms with E-state index in [4.69, 9.17) is 14.9 Å². The number of ether oxygens (including phenoxy) is 2. The summed E-state index contributed by atoms with van der Waals surface area (Å²) in [6.45, 7) is 0. The zero-order valence-electron chi connectivity index (χ0n) is 11.8. The Labute approximate surface area is 118 Å². The second-order valence-electron chi connectivity index (χ2n) is 5.05. The van der Waals surface area contributed by atoms with Crippen LogP contribution in [0.4, 0.5) is 0 Å². The van der Waals surface area contributed by atoms with Crippen molar-refractivity contribution in [1.82, 2.24) is 4.90 Å². The molecular weight excluding hydrogens is 254 g/mol. The fraction of sp³-hybridized carbons (Fsp3) is 0.333. The molecule has 0 bridgehead atoms. The van der Waals surface area contributed by atoms with E-state index in [1.165, 1.54) is 0 Å². The molecule has 0 aromatic rings. The van der Waals surface area contributed by atoms with E-state index in [0.29, 0.717) is 17.2 Å². The van der Waals surface area contributed by atoms with Gasteiger partial charge in [0, 0.05) is 25.9 Å². The Morgan fingerprint density at radius 2 is 2.10 bits per heavy atom. The molecule has 0 saturated heterocycles. The molecule has 2 atom stereocenters. The maximum atomic E-state index is 7.87. The second-order valence-corrected chi connectivity index (χ2v) is 5.05. The Balaban J connectivity index is 1.94. The summed E-state index contributed by atoms with van der Waals surface area (Å²) in [6.07, 6.45) is 9.38. The molecule has 0 amide bonds. The maximum Gasteiger partial charge on any atom is 0.160 e. The van der Waals surface area contributed by atoms with E-state index < -0.39 is 0 Å². The van der Waals surface area contributed by atoms with Crippen molar-refractivity contribution in [3.8, 4) is 0 Å². The molecule has 1 N–H and O–H groups in total. The van der Waals surface area contributed by atoms with Gasteiger partial charge in [0.2, 0.25) is 0 Å². The number of likely N-dealkylation sites (N-methyl/N-ethyl adjacent to an activating group) is 1. The lowest BCUT2D eigenvalue weighted by Crippen LogP contribution is -2.35. The van der Waals surface area contributed by atoms with Gasteiger partial charge in [0.1, 0.15) is 17.6 Å². The summed E-state index contributed by atoms with van der Waals surface area (Å²) in [4.78, 5) is 6.70. The molecule has 0 spiro atoms. The Hall–Kier alpha value is -2.30. The molecule has 0 aromatic carbocycles. The number of hydrogen-bond donors (Lipinski definition) is 1. The van der Waals surface area contributed by atoms with Crippen molar-refractivity contribution in [3.63, 3.8) is 0 Å². The average Bonchev–Trinajstić information content (AvgIpc) is 2.43. The van der Waals surface area contributed by atoms with Crippen LogP contribution in [-0.2, 0) is 9.47 Å². The summed E-state index contributed by atoms with van der Waals surface area (Å²) >= 11 is 0. The highest BCUT2D eigenvalue weighted by Gasteiger charge is 2.31. The van der Waals surface area contributed by atoms with E-state index >= 15 is 0 Å². The first-order valence-corrected chi connectivity index (χ1v) is 6.46. The first-order chi connectivity index (χ1) is 9.58. The minimum Gasteiger partial charge on any atom is -0.495 e. The van der Waals surface area contributed by atoms with Gasteiger partial charge >= 0.3 is 0 Å². The van der Waals surface area contributed by atoms with Crippen LogP contribution in [0.2, 0.25) is 0 Å². The van der Waals surface area contributed by atoms with E-state index in [-0.39, 0.29) is 12.1 Å². The molecule has 3 aliphatic rings. The zero-order chi connectivity index (χ0) is 14.3. The Bertz CT molecular complexity index is 609. The summed E-state index contributed by atoms with van der Waals surface area (Å²) in [5, 5.41) is 7.87. The zero-order valence-corrected chi connectivity index (χ0v) is 11.8. The number of hydrogen-bond acceptors (Lipinski definition) is 5. The predicted molar refractivity (Wildman–Crippen MR) is 77.9 cm³/mol. The van der Waals surface area contributed by atoms with Gasteiger partial charge in [-0.3, -0.25) is 10.4 Å². The monoisotopic (exact) mass is 271 g/mol. The highest BCUT2D eigenvalue weighted by molar-refractivity contribution is 6.07.